The third-order valence-electron chi connectivity index (χ3n) is 3.99. The second-order valence-corrected chi connectivity index (χ2v) is 6.38. The van der Waals surface area contributed by atoms with Crippen LogP contribution in [0.25, 0.3) is 0 Å². The maximum Gasteiger partial charge on any atom is 0.416 e. The van der Waals surface area contributed by atoms with Crippen LogP contribution in [0.4, 0.5) is 18.9 Å². The van der Waals surface area contributed by atoms with Crippen LogP contribution in [0.2, 0.25) is 5.02 Å². The zero-order valence-corrected chi connectivity index (χ0v) is 14.8. The number of amides is 1. The van der Waals surface area contributed by atoms with Gasteiger partial charge in [0.2, 0.25) is 5.88 Å². The highest BCUT2D eigenvalue weighted by Crippen LogP contribution is 2.30. The van der Waals surface area contributed by atoms with E-state index in [1.807, 2.05) is 0 Å². The van der Waals surface area contributed by atoms with E-state index in [0.29, 0.717) is 13.2 Å². The number of alkyl halides is 3. The van der Waals surface area contributed by atoms with Crippen LogP contribution in [0.5, 0.6) is 5.88 Å². The number of anilines is 1. The normalized spacial score (nSPS) is 15.4. The molecule has 5 nitrogen and oxygen atoms in total. The summed E-state index contributed by atoms with van der Waals surface area (Å²) in [4.78, 5) is 16.3. The predicted molar refractivity (Wildman–Crippen MR) is 93.1 cm³/mol. The summed E-state index contributed by atoms with van der Waals surface area (Å²) in [6.45, 7) is 1.21. The summed E-state index contributed by atoms with van der Waals surface area (Å²) in [6, 6.07) is 5.55. The smallest absolute Gasteiger partial charge is 0.416 e. The summed E-state index contributed by atoms with van der Waals surface area (Å²) in [5.41, 5.74) is -0.397. The summed E-state index contributed by atoms with van der Waals surface area (Å²) >= 11 is 6.14. The molecule has 1 aromatic heterocycles. The molecule has 0 bridgehead atoms. The lowest BCUT2D eigenvalue weighted by atomic mass is 10.1. The van der Waals surface area contributed by atoms with Gasteiger partial charge in [0, 0.05) is 24.7 Å². The van der Waals surface area contributed by atoms with Crippen molar-refractivity contribution in [3.05, 3.63) is 52.7 Å². The first-order chi connectivity index (χ1) is 12.8. The Morgan fingerprint density at radius 1 is 1.22 bits per heavy atom. The van der Waals surface area contributed by atoms with Crippen molar-refractivity contribution in [1.29, 1.82) is 0 Å². The number of nitrogens with zero attached hydrogens (tertiary/aromatic N) is 1. The molecule has 2 aromatic rings. The Balaban J connectivity index is 1.65. The maximum absolute atomic E-state index is 12.6. The molecule has 3 rings (SSSR count). The minimum atomic E-state index is -4.43. The van der Waals surface area contributed by atoms with Crippen LogP contribution in [0, 0.1) is 0 Å². The van der Waals surface area contributed by atoms with Crippen LogP contribution >= 0.6 is 11.6 Å². The van der Waals surface area contributed by atoms with Gasteiger partial charge in [-0.05, 0) is 30.3 Å². The number of carbonyl (C=O) groups is 1. The molecule has 2 heterocycles. The largest absolute Gasteiger partial charge is 0.473 e. The van der Waals surface area contributed by atoms with E-state index in [2.05, 4.69) is 10.3 Å². The van der Waals surface area contributed by atoms with Crippen molar-refractivity contribution in [2.45, 2.75) is 25.1 Å². The quantitative estimate of drug-likeness (QED) is 0.817. The molecule has 0 saturated carbocycles. The van der Waals surface area contributed by atoms with Crippen LogP contribution in [0.15, 0.2) is 36.5 Å². The number of benzene rings is 1. The highest BCUT2D eigenvalue weighted by atomic mass is 35.5. The minimum absolute atomic E-state index is 0.0458. The fraction of sp³-hybridized carbons (Fsp3) is 0.333. The number of ether oxygens (including phenoxy) is 2. The Morgan fingerprint density at radius 3 is 2.48 bits per heavy atom. The Morgan fingerprint density at radius 2 is 1.89 bits per heavy atom. The van der Waals surface area contributed by atoms with E-state index < -0.39 is 17.6 Å². The topological polar surface area (TPSA) is 60.5 Å². The number of aromatic nitrogens is 1. The third kappa shape index (κ3) is 5.11. The van der Waals surface area contributed by atoms with Gasteiger partial charge in [0.25, 0.3) is 5.91 Å². The highest BCUT2D eigenvalue weighted by molar-refractivity contribution is 6.32. The van der Waals surface area contributed by atoms with Crippen LogP contribution in [0.1, 0.15) is 28.8 Å². The van der Waals surface area contributed by atoms with Crippen molar-refractivity contribution in [2.24, 2.45) is 0 Å². The molecule has 0 aliphatic carbocycles. The molecular formula is C18H16ClF3N2O3. The molecule has 0 unspecified atom stereocenters. The number of pyridine rings is 1. The number of hydrogen-bond acceptors (Lipinski definition) is 4. The number of halogens is 4. The van der Waals surface area contributed by atoms with Gasteiger partial charge in [-0.3, -0.25) is 4.79 Å². The molecule has 9 heteroatoms. The minimum Gasteiger partial charge on any atom is -0.473 e. The molecule has 1 aromatic carbocycles. The third-order valence-corrected chi connectivity index (χ3v) is 4.26. The lowest BCUT2D eigenvalue weighted by Gasteiger charge is -2.23. The summed E-state index contributed by atoms with van der Waals surface area (Å²) in [5.74, 6) is -0.309. The van der Waals surface area contributed by atoms with Crippen molar-refractivity contribution in [1.82, 2.24) is 4.98 Å². The molecule has 1 N–H and O–H groups in total. The van der Waals surface area contributed by atoms with Crippen LogP contribution in [0.3, 0.4) is 0 Å². The van der Waals surface area contributed by atoms with Crippen LogP contribution in [-0.2, 0) is 10.9 Å². The molecular weight excluding hydrogens is 385 g/mol. The SMILES string of the molecule is O=C(Nc1ccc(C(F)(F)F)cc1)c1cnc(OC2CCOCC2)c(Cl)c1. The van der Waals surface area contributed by atoms with E-state index in [0.717, 1.165) is 25.0 Å². The molecule has 144 valence electrons. The summed E-state index contributed by atoms with van der Waals surface area (Å²) < 4.78 is 48.7. The van der Waals surface area contributed by atoms with E-state index in [4.69, 9.17) is 21.1 Å². The fourth-order valence-corrected chi connectivity index (χ4v) is 2.74. The van der Waals surface area contributed by atoms with Crippen LogP contribution in [-0.4, -0.2) is 30.2 Å². The van der Waals surface area contributed by atoms with E-state index >= 15 is 0 Å². The zero-order chi connectivity index (χ0) is 19.4. The lowest BCUT2D eigenvalue weighted by molar-refractivity contribution is -0.137. The molecule has 1 amide bonds. The number of carbonyl (C=O) groups excluding carboxylic acids is 1. The van der Waals surface area contributed by atoms with Gasteiger partial charge in [-0.15, -0.1) is 0 Å². The molecule has 1 fully saturated rings. The van der Waals surface area contributed by atoms with Crippen molar-refractivity contribution in [3.63, 3.8) is 0 Å². The number of rotatable bonds is 4. The lowest BCUT2D eigenvalue weighted by Crippen LogP contribution is -2.26. The Kier molecular flexibility index (Phi) is 5.86. The van der Waals surface area contributed by atoms with Gasteiger partial charge in [-0.25, -0.2) is 4.98 Å². The van der Waals surface area contributed by atoms with Crippen molar-refractivity contribution in [3.8, 4) is 5.88 Å². The Hall–Kier alpha value is -2.32. The van der Waals surface area contributed by atoms with E-state index in [1.165, 1.54) is 24.4 Å². The predicted octanol–water partition coefficient (Wildman–Crippen LogP) is 4.56. The van der Waals surface area contributed by atoms with E-state index in [-0.39, 0.29) is 28.3 Å². The van der Waals surface area contributed by atoms with Crippen LogP contribution < -0.4 is 10.1 Å². The molecule has 0 spiro atoms. The second kappa shape index (κ2) is 8.14. The summed E-state index contributed by atoms with van der Waals surface area (Å²) in [6.07, 6.45) is -1.71. The summed E-state index contributed by atoms with van der Waals surface area (Å²) in [5, 5.41) is 2.68. The molecule has 27 heavy (non-hydrogen) atoms. The standard InChI is InChI=1S/C18H16ClF3N2O3/c19-15-9-11(10-23-17(15)27-14-5-7-26-8-6-14)16(25)24-13-3-1-12(2-4-13)18(20,21)22/h1-4,9-10,14H,5-8H2,(H,24,25). The zero-order valence-electron chi connectivity index (χ0n) is 14.1. The van der Waals surface area contributed by atoms with Gasteiger partial charge >= 0.3 is 6.18 Å². The van der Waals surface area contributed by atoms with Crippen molar-refractivity contribution < 1.29 is 27.4 Å². The number of nitrogens with one attached hydrogen (secondary N) is 1. The van der Waals surface area contributed by atoms with Gasteiger partial charge in [-0.1, -0.05) is 11.6 Å². The van der Waals surface area contributed by atoms with Gasteiger partial charge in [0.05, 0.1) is 24.3 Å². The first-order valence-corrected chi connectivity index (χ1v) is 8.59. The monoisotopic (exact) mass is 400 g/mol. The summed E-state index contributed by atoms with van der Waals surface area (Å²) in [7, 11) is 0. The van der Waals surface area contributed by atoms with Crippen molar-refractivity contribution in [2.75, 3.05) is 18.5 Å². The first kappa shape index (κ1) is 19.4. The van der Waals surface area contributed by atoms with Gasteiger partial charge in [0.15, 0.2) is 0 Å². The fourth-order valence-electron chi connectivity index (χ4n) is 2.53. The van der Waals surface area contributed by atoms with E-state index in [9.17, 15) is 18.0 Å². The Bertz CT molecular complexity index is 806. The molecule has 1 saturated heterocycles. The highest BCUT2D eigenvalue weighted by Gasteiger charge is 2.30. The Labute approximate surface area is 158 Å². The molecule has 0 radical (unpaired) electrons. The average molecular weight is 401 g/mol. The van der Waals surface area contributed by atoms with Gasteiger partial charge < -0.3 is 14.8 Å². The average Bonchev–Trinajstić information content (AvgIpc) is 2.64. The molecule has 1 aliphatic heterocycles. The van der Waals surface area contributed by atoms with Crippen molar-refractivity contribution >= 4 is 23.2 Å². The number of hydrogen-bond donors (Lipinski definition) is 1. The molecule has 1 aliphatic rings. The van der Waals surface area contributed by atoms with E-state index in [1.54, 1.807) is 0 Å². The van der Waals surface area contributed by atoms with Gasteiger partial charge in [-0.2, -0.15) is 13.2 Å². The maximum atomic E-state index is 12.6. The second-order valence-electron chi connectivity index (χ2n) is 5.97. The molecule has 0 atom stereocenters. The van der Waals surface area contributed by atoms with Gasteiger partial charge in [0.1, 0.15) is 11.1 Å². The first-order valence-electron chi connectivity index (χ1n) is 8.21.